The van der Waals surface area contributed by atoms with Crippen molar-refractivity contribution in [3.63, 3.8) is 0 Å². The van der Waals surface area contributed by atoms with Crippen molar-refractivity contribution in [3.8, 4) is 0 Å². The van der Waals surface area contributed by atoms with Crippen molar-refractivity contribution >= 4 is 17.8 Å². The van der Waals surface area contributed by atoms with Crippen LogP contribution in [0.25, 0.3) is 5.57 Å². The molecule has 0 saturated heterocycles. The minimum atomic E-state index is 0.296. The molecular formula is C12H19N3OS. The van der Waals surface area contributed by atoms with Gasteiger partial charge in [0.25, 0.3) is 0 Å². The fourth-order valence-corrected chi connectivity index (χ4v) is 1.95. The van der Waals surface area contributed by atoms with E-state index in [-0.39, 0.29) is 0 Å². The quantitative estimate of drug-likeness (QED) is 0.792. The summed E-state index contributed by atoms with van der Waals surface area (Å²) in [7, 11) is 0. The fraction of sp³-hybridized carbons (Fsp3) is 0.500. The third-order valence-corrected chi connectivity index (χ3v) is 2.76. The number of aliphatic hydroxyl groups excluding tert-OH is 1. The second-order valence-corrected chi connectivity index (χ2v) is 3.77. The van der Waals surface area contributed by atoms with E-state index in [1.54, 1.807) is 0 Å². The first-order chi connectivity index (χ1) is 8.24. The van der Waals surface area contributed by atoms with Crippen molar-refractivity contribution in [2.75, 3.05) is 0 Å². The molecule has 2 N–H and O–H groups in total. The van der Waals surface area contributed by atoms with Crippen LogP contribution in [0.5, 0.6) is 0 Å². The topological polar surface area (TPSA) is 53.8 Å². The largest absolute Gasteiger partial charge is 0.508 e. The summed E-state index contributed by atoms with van der Waals surface area (Å²) >= 11 is 5.10. The van der Waals surface area contributed by atoms with Gasteiger partial charge in [-0.15, -0.1) is 0 Å². The van der Waals surface area contributed by atoms with E-state index in [1.165, 1.54) is 0 Å². The number of aromatic amines is 1. The third kappa shape index (κ3) is 2.85. The maximum Gasteiger partial charge on any atom is 0.195 e. The lowest BCUT2D eigenvalue weighted by Crippen LogP contribution is -2.04. The van der Waals surface area contributed by atoms with Gasteiger partial charge in [-0.1, -0.05) is 19.9 Å². The van der Waals surface area contributed by atoms with Gasteiger partial charge in [-0.25, -0.2) is 0 Å². The van der Waals surface area contributed by atoms with Crippen LogP contribution >= 0.6 is 12.2 Å². The lowest BCUT2D eigenvalue weighted by Gasteiger charge is -2.11. The molecule has 0 aromatic carbocycles. The van der Waals surface area contributed by atoms with Gasteiger partial charge >= 0.3 is 0 Å². The van der Waals surface area contributed by atoms with E-state index in [9.17, 15) is 5.11 Å². The molecule has 2 rings (SSSR count). The number of aromatic nitrogens is 3. The van der Waals surface area contributed by atoms with E-state index in [2.05, 4.69) is 10.2 Å². The molecule has 1 heterocycles. The van der Waals surface area contributed by atoms with Crippen molar-refractivity contribution in [3.05, 3.63) is 28.5 Å². The molecule has 0 radical (unpaired) electrons. The fourth-order valence-electron chi connectivity index (χ4n) is 1.68. The first-order valence-electron chi connectivity index (χ1n) is 5.99. The van der Waals surface area contributed by atoms with Crippen LogP contribution in [0.2, 0.25) is 0 Å². The summed E-state index contributed by atoms with van der Waals surface area (Å²) in [6, 6.07) is 0. The Bertz CT molecular complexity index is 482. The Balaban J connectivity index is 0.000000686. The van der Waals surface area contributed by atoms with Crippen molar-refractivity contribution in [2.45, 2.75) is 40.2 Å². The number of hydrogen-bond acceptors (Lipinski definition) is 3. The lowest BCUT2D eigenvalue weighted by molar-refractivity contribution is 0.431. The van der Waals surface area contributed by atoms with E-state index in [0.717, 1.165) is 30.8 Å². The number of rotatable bonds is 2. The van der Waals surface area contributed by atoms with Gasteiger partial charge in [0.05, 0.1) is 5.57 Å². The van der Waals surface area contributed by atoms with Gasteiger partial charge in [0.15, 0.2) is 10.6 Å². The third-order valence-electron chi connectivity index (χ3n) is 2.44. The Morgan fingerprint density at radius 1 is 1.41 bits per heavy atom. The van der Waals surface area contributed by atoms with Gasteiger partial charge in [0.1, 0.15) is 5.76 Å². The Labute approximate surface area is 107 Å². The molecule has 17 heavy (non-hydrogen) atoms. The number of aliphatic hydroxyl groups is 1. The van der Waals surface area contributed by atoms with Gasteiger partial charge in [-0.2, -0.15) is 5.10 Å². The summed E-state index contributed by atoms with van der Waals surface area (Å²) in [6.45, 7) is 6.74. The predicted molar refractivity (Wildman–Crippen MR) is 72.4 cm³/mol. The maximum absolute atomic E-state index is 9.74. The predicted octanol–water partition coefficient (Wildman–Crippen LogP) is 3.61. The number of nitrogens with one attached hydrogen (secondary N) is 1. The maximum atomic E-state index is 9.74. The van der Waals surface area contributed by atoms with Gasteiger partial charge in [-0.05, 0) is 38.1 Å². The average Bonchev–Trinajstić information content (AvgIpc) is 2.73. The highest BCUT2D eigenvalue weighted by Gasteiger charge is 2.15. The van der Waals surface area contributed by atoms with E-state index >= 15 is 0 Å². The highest BCUT2D eigenvalue weighted by Crippen LogP contribution is 2.24. The van der Waals surface area contributed by atoms with Gasteiger partial charge in [0, 0.05) is 6.54 Å². The van der Waals surface area contributed by atoms with Gasteiger partial charge in [0.2, 0.25) is 0 Å². The van der Waals surface area contributed by atoms with Crippen molar-refractivity contribution in [1.82, 2.24) is 14.8 Å². The second kappa shape index (κ2) is 6.39. The molecule has 0 amide bonds. The van der Waals surface area contributed by atoms with E-state index in [1.807, 2.05) is 37.5 Å². The molecule has 0 fully saturated rings. The molecule has 0 unspecified atom stereocenters. The zero-order valence-corrected chi connectivity index (χ0v) is 11.3. The summed E-state index contributed by atoms with van der Waals surface area (Å²) in [5.41, 5.74) is 0.774. The molecule has 0 atom stereocenters. The van der Waals surface area contributed by atoms with Crippen LogP contribution in [0.1, 0.15) is 39.4 Å². The molecule has 4 nitrogen and oxygen atoms in total. The van der Waals surface area contributed by atoms with Crippen LogP contribution in [0, 0.1) is 4.77 Å². The number of allylic oxidation sites excluding steroid dienone is 3. The first kappa shape index (κ1) is 13.7. The Kier molecular flexibility index (Phi) is 5.15. The SMILES string of the molecule is CC.CCn1c(C2=CCCC=C2O)n[nH]c1=S. The minimum absolute atomic E-state index is 0.296. The molecule has 94 valence electrons. The molecule has 0 saturated carbocycles. The summed E-state index contributed by atoms with van der Waals surface area (Å²) in [4.78, 5) is 0. The number of nitrogens with zero attached hydrogens (tertiary/aromatic N) is 2. The second-order valence-electron chi connectivity index (χ2n) is 3.38. The Morgan fingerprint density at radius 2 is 2.06 bits per heavy atom. The monoisotopic (exact) mass is 253 g/mol. The molecule has 5 heteroatoms. The van der Waals surface area contributed by atoms with Crippen LogP contribution in [-0.2, 0) is 6.54 Å². The molecule has 1 aliphatic rings. The van der Waals surface area contributed by atoms with E-state index in [0.29, 0.717) is 10.5 Å². The van der Waals surface area contributed by atoms with Crippen LogP contribution in [0.4, 0.5) is 0 Å². The molecule has 0 aliphatic heterocycles. The summed E-state index contributed by atoms with van der Waals surface area (Å²) in [5.74, 6) is 1.01. The minimum Gasteiger partial charge on any atom is -0.508 e. The van der Waals surface area contributed by atoms with E-state index < -0.39 is 0 Å². The molecule has 1 aromatic heterocycles. The van der Waals surface area contributed by atoms with Gasteiger partial charge in [-0.3, -0.25) is 5.10 Å². The van der Waals surface area contributed by atoms with Crippen molar-refractivity contribution in [2.24, 2.45) is 0 Å². The smallest absolute Gasteiger partial charge is 0.195 e. The Morgan fingerprint density at radius 3 is 2.65 bits per heavy atom. The normalized spacial score (nSPS) is 14.5. The van der Waals surface area contributed by atoms with Crippen LogP contribution < -0.4 is 0 Å². The van der Waals surface area contributed by atoms with Crippen LogP contribution in [0.3, 0.4) is 0 Å². The zero-order valence-electron chi connectivity index (χ0n) is 10.5. The van der Waals surface area contributed by atoms with Crippen LogP contribution in [0.15, 0.2) is 17.9 Å². The molecule has 0 spiro atoms. The highest BCUT2D eigenvalue weighted by molar-refractivity contribution is 7.71. The van der Waals surface area contributed by atoms with E-state index in [4.69, 9.17) is 12.2 Å². The molecule has 1 aromatic rings. The van der Waals surface area contributed by atoms with Gasteiger partial charge < -0.3 is 9.67 Å². The molecule has 0 bridgehead atoms. The lowest BCUT2D eigenvalue weighted by atomic mass is 10.0. The zero-order chi connectivity index (χ0) is 12.8. The first-order valence-corrected chi connectivity index (χ1v) is 6.40. The van der Waals surface area contributed by atoms with Crippen molar-refractivity contribution in [1.29, 1.82) is 0 Å². The number of H-pyrrole nitrogens is 1. The van der Waals surface area contributed by atoms with Crippen molar-refractivity contribution < 1.29 is 5.11 Å². The standard InChI is InChI=1S/C10H13N3OS.C2H6/c1-2-13-9(11-12-10(13)15)7-5-3-4-6-8(7)14;1-2/h5-6,14H,2-4H2,1H3,(H,12,15);1-2H3. The number of hydrogen-bond donors (Lipinski definition) is 2. The molecular weight excluding hydrogens is 234 g/mol. The highest BCUT2D eigenvalue weighted by atomic mass is 32.1. The summed E-state index contributed by atoms with van der Waals surface area (Å²) in [6.07, 6.45) is 5.62. The average molecular weight is 253 g/mol. The molecule has 1 aliphatic carbocycles. The summed E-state index contributed by atoms with van der Waals surface area (Å²) < 4.78 is 2.46. The van der Waals surface area contributed by atoms with Crippen LogP contribution in [-0.4, -0.2) is 19.9 Å². The summed E-state index contributed by atoms with van der Waals surface area (Å²) in [5, 5.41) is 16.6. The Hall–Kier alpha value is -1.36.